The monoisotopic (exact) mass is 271 g/mol. The van der Waals surface area contributed by atoms with E-state index in [4.69, 9.17) is 0 Å². The molecule has 1 radical (unpaired) electrons. The van der Waals surface area contributed by atoms with Gasteiger partial charge in [0.1, 0.15) is 0 Å². The molecule has 0 bridgehead atoms. The van der Waals surface area contributed by atoms with E-state index in [1.165, 1.54) is 39.1 Å². The first-order valence-corrected chi connectivity index (χ1v) is 7.80. The van der Waals surface area contributed by atoms with Crippen LogP contribution in [0.4, 0.5) is 0 Å². The van der Waals surface area contributed by atoms with Gasteiger partial charge in [0.05, 0.1) is 0 Å². The Balaban J connectivity index is 2.15. The molecule has 0 nitrogen and oxygen atoms in total. The number of benzene rings is 3. The lowest BCUT2D eigenvalue weighted by atomic mass is 9.85. The van der Waals surface area contributed by atoms with Gasteiger partial charge in [0.25, 0.3) is 0 Å². The highest BCUT2D eigenvalue weighted by Gasteiger charge is 2.14. The lowest BCUT2D eigenvalue weighted by molar-refractivity contribution is 0.919. The van der Waals surface area contributed by atoms with Crippen LogP contribution in [-0.2, 0) is 12.8 Å². The molecule has 0 spiro atoms. The van der Waals surface area contributed by atoms with Gasteiger partial charge in [-0.2, -0.15) is 0 Å². The second-order valence-corrected chi connectivity index (χ2v) is 5.85. The van der Waals surface area contributed by atoms with Crippen molar-refractivity contribution in [2.75, 3.05) is 0 Å². The molecular formula is C21H19. The lowest BCUT2D eigenvalue weighted by Crippen LogP contribution is -2.02. The molecular weight excluding hydrogens is 252 g/mol. The van der Waals surface area contributed by atoms with Crippen molar-refractivity contribution in [3.8, 4) is 0 Å². The zero-order valence-electron chi connectivity index (χ0n) is 12.2. The Morgan fingerprint density at radius 2 is 1.86 bits per heavy atom. The van der Waals surface area contributed by atoms with E-state index in [2.05, 4.69) is 61.5 Å². The minimum Gasteiger partial charge on any atom is -0.0836 e. The first-order chi connectivity index (χ1) is 10.4. The number of rotatable bonds is 2. The summed E-state index contributed by atoms with van der Waals surface area (Å²) in [5, 5.41) is 5.47. The molecule has 1 aliphatic rings. The van der Waals surface area contributed by atoms with E-state index < -0.39 is 0 Å². The number of hydrogen-bond acceptors (Lipinski definition) is 0. The summed E-state index contributed by atoms with van der Waals surface area (Å²) < 4.78 is 0. The SMILES string of the molecule is [CH2]CCc1cc2c(ccc3ccccc32)c2c1CCC=C2. The van der Waals surface area contributed by atoms with Gasteiger partial charge in [-0.05, 0) is 63.9 Å². The highest BCUT2D eigenvalue weighted by Crippen LogP contribution is 2.35. The Bertz CT molecular complexity index is 853. The fourth-order valence-corrected chi connectivity index (χ4v) is 3.61. The molecule has 3 aromatic rings. The maximum absolute atomic E-state index is 4.05. The summed E-state index contributed by atoms with van der Waals surface area (Å²) in [4.78, 5) is 0. The highest BCUT2D eigenvalue weighted by atomic mass is 14.2. The van der Waals surface area contributed by atoms with Crippen molar-refractivity contribution in [1.82, 2.24) is 0 Å². The predicted molar refractivity (Wildman–Crippen MR) is 92.5 cm³/mol. The minimum absolute atomic E-state index is 0.965. The van der Waals surface area contributed by atoms with E-state index in [0.717, 1.165) is 19.3 Å². The molecule has 4 rings (SSSR count). The largest absolute Gasteiger partial charge is 0.0836 e. The summed E-state index contributed by atoms with van der Waals surface area (Å²) in [5.74, 6) is 0. The van der Waals surface area contributed by atoms with Gasteiger partial charge in [-0.15, -0.1) is 0 Å². The lowest BCUT2D eigenvalue weighted by Gasteiger charge is -2.19. The van der Waals surface area contributed by atoms with E-state index in [0.29, 0.717) is 0 Å². The van der Waals surface area contributed by atoms with Crippen LogP contribution in [0.1, 0.15) is 29.5 Å². The fraction of sp³-hybridized carbons (Fsp3) is 0.190. The molecule has 0 atom stereocenters. The van der Waals surface area contributed by atoms with Crippen LogP contribution in [0.5, 0.6) is 0 Å². The second-order valence-electron chi connectivity index (χ2n) is 5.85. The molecule has 0 fully saturated rings. The fourth-order valence-electron chi connectivity index (χ4n) is 3.61. The van der Waals surface area contributed by atoms with Crippen LogP contribution < -0.4 is 0 Å². The molecule has 0 heteroatoms. The number of aryl methyl sites for hydroxylation is 1. The van der Waals surface area contributed by atoms with Crippen molar-refractivity contribution in [2.24, 2.45) is 0 Å². The third-order valence-electron chi connectivity index (χ3n) is 4.58. The van der Waals surface area contributed by atoms with Crippen molar-refractivity contribution in [3.05, 3.63) is 72.2 Å². The van der Waals surface area contributed by atoms with Gasteiger partial charge in [-0.25, -0.2) is 0 Å². The molecule has 0 unspecified atom stereocenters. The summed E-state index contributed by atoms with van der Waals surface area (Å²) in [5.41, 5.74) is 4.48. The summed E-state index contributed by atoms with van der Waals surface area (Å²) in [7, 11) is 0. The topological polar surface area (TPSA) is 0 Å². The molecule has 0 amide bonds. The Labute approximate surface area is 126 Å². The summed E-state index contributed by atoms with van der Waals surface area (Å²) >= 11 is 0. The van der Waals surface area contributed by atoms with Crippen molar-refractivity contribution >= 4 is 27.6 Å². The first kappa shape index (κ1) is 12.6. The van der Waals surface area contributed by atoms with Crippen LogP contribution in [0.25, 0.3) is 27.6 Å². The smallest absolute Gasteiger partial charge is 0.00964 e. The van der Waals surface area contributed by atoms with Gasteiger partial charge >= 0.3 is 0 Å². The number of fused-ring (bicyclic) bond motifs is 5. The zero-order valence-corrected chi connectivity index (χ0v) is 12.2. The van der Waals surface area contributed by atoms with Crippen molar-refractivity contribution in [3.63, 3.8) is 0 Å². The molecule has 103 valence electrons. The maximum Gasteiger partial charge on any atom is -0.00964 e. The van der Waals surface area contributed by atoms with E-state index in [9.17, 15) is 0 Å². The van der Waals surface area contributed by atoms with Gasteiger partial charge in [0, 0.05) is 0 Å². The van der Waals surface area contributed by atoms with E-state index in [-0.39, 0.29) is 0 Å². The van der Waals surface area contributed by atoms with Gasteiger partial charge in [0.15, 0.2) is 0 Å². The van der Waals surface area contributed by atoms with E-state index >= 15 is 0 Å². The molecule has 0 saturated carbocycles. The Morgan fingerprint density at radius 1 is 0.952 bits per heavy atom. The molecule has 0 aliphatic heterocycles. The van der Waals surface area contributed by atoms with Gasteiger partial charge in [0.2, 0.25) is 0 Å². The molecule has 0 aromatic heterocycles. The third kappa shape index (κ3) is 1.98. The Kier molecular flexibility index (Phi) is 3.03. The van der Waals surface area contributed by atoms with Gasteiger partial charge in [-0.1, -0.05) is 61.5 Å². The third-order valence-corrected chi connectivity index (χ3v) is 4.58. The van der Waals surface area contributed by atoms with Crippen LogP contribution in [0.2, 0.25) is 0 Å². The standard InChI is InChI=1S/C21H19/c1-2-7-16-14-21-17-9-4-3-8-15(17)12-13-20(21)19-11-6-5-10-18(16)19/h3-4,6,8-9,11-14H,1-2,5,7,10H2. The van der Waals surface area contributed by atoms with Gasteiger partial charge < -0.3 is 0 Å². The van der Waals surface area contributed by atoms with Crippen LogP contribution in [0, 0.1) is 6.92 Å². The molecule has 0 saturated heterocycles. The van der Waals surface area contributed by atoms with E-state index in [1.54, 1.807) is 5.56 Å². The zero-order chi connectivity index (χ0) is 14.2. The minimum atomic E-state index is 0.965. The van der Waals surface area contributed by atoms with Crippen molar-refractivity contribution in [1.29, 1.82) is 0 Å². The van der Waals surface area contributed by atoms with E-state index in [1.807, 2.05) is 0 Å². The number of allylic oxidation sites excluding steroid dienone is 1. The molecule has 3 aromatic carbocycles. The average Bonchev–Trinajstić information content (AvgIpc) is 2.55. The molecule has 21 heavy (non-hydrogen) atoms. The van der Waals surface area contributed by atoms with Crippen LogP contribution in [-0.4, -0.2) is 0 Å². The highest BCUT2D eigenvalue weighted by molar-refractivity contribution is 6.10. The van der Waals surface area contributed by atoms with Gasteiger partial charge in [-0.3, -0.25) is 0 Å². The molecule has 1 aliphatic carbocycles. The predicted octanol–water partition coefficient (Wildman–Crippen LogP) is 5.72. The summed E-state index contributed by atoms with van der Waals surface area (Å²) in [6, 6.07) is 15.7. The normalized spacial score (nSPS) is 13.8. The van der Waals surface area contributed by atoms with Crippen molar-refractivity contribution in [2.45, 2.75) is 25.7 Å². The van der Waals surface area contributed by atoms with Crippen LogP contribution in [0.15, 0.2) is 48.5 Å². The average molecular weight is 271 g/mol. The Hall–Kier alpha value is -2.08. The molecule has 0 heterocycles. The first-order valence-electron chi connectivity index (χ1n) is 7.80. The maximum atomic E-state index is 4.05. The quantitative estimate of drug-likeness (QED) is 0.523. The number of hydrogen-bond donors (Lipinski definition) is 0. The van der Waals surface area contributed by atoms with Crippen molar-refractivity contribution < 1.29 is 0 Å². The summed E-state index contributed by atoms with van der Waals surface area (Å²) in [6.07, 6.45) is 9.01. The van der Waals surface area contributed by atoms with Crippen LogP contribution in [0.3, 0.4) is 0 Å². The second kappa shape index (κ2) is 5.04. The summed E-state index contributed by atoms with van der Waals surface area (Å²) in [6.45, 7) is 4.05. The Morgan fingerprint density at radius 3 is 2.76 bits per heavy atom. The molecule has 0 N–H and O–H groups in total. The van der Waals surface area contributed by atoms with Crippen LogP contribution >= 0.6 is 0 Å².